The van der Waals surface area contributed by atoms with Gasteiger partial charge in [-0.15, -0.1) is 0 Å². The number of hydrogen-bond donors (Lipinski definition) is 1. The zero-order valence-electron chi connectivity index (χ0n) is 10.9. The van der Waals surface area contributed by atoms with Crippen LogP contribution in [0.1, 0.15) is 13.8 Å². The molecule has 1 aromatic carbocycles. The third-order valence-electron chi connectivity index (χ3n) is 2.46. The first kappa shape index (κ1) is 13.1. The van der Waals surface area contributed by atoms with E-state index in [-0.39, 0.29) is 6.04 Å². The molecule has 0 aliphatic rings. The number of hydrogen-bond acceptors (Lipinski definition) is 5. The van der Waals surface area contributed by atoms with Gasteiger partial charge < -0.3 is 14.8 Å². The van der Waals surface area contributed by atoms with E-state index >= 15 is 0 Å². The number of rotatable bonds is 6. The first-order valence-electron chi connectivity index (χ1n) is 6.01. The van der Waals surface area contributed by atoms with E-state index in [0.717, 1.165) is 21.1 Å². The Kier molecular flexibility index (Phi) is 4.38. The molecule has 0 radical (unpaired) electrons. The highest BCUT2D eigenvalue weighted by Gasteiger charge is 2.07. The molecule has 0 aliphatic heterocycles. The summed E-state index contributed by atoms with van der Waals surface area (Å²) in [6, 6.07) is 6.22. The van der Waals surface area contributed by atoms with E-state index in [4.69, 9.17) is 9.47 Å². The Bertz CT molecular complexity index is 513. The van der Waals surface area contributed by atoms with Gasteiger partial charge in [0.2, 0.25) is 0 Å². The number of ether oxygens (including phenoxy) is 2. The molecular weight excluding hydrogens is 248 g/mol. The van der Waals surface area contributed by atoms with Crippen LogP contribution in [0.4, 0.5) is 5.13 Å². The second-order valence-electron chi connectivity index (χ2n) is 4.08. The molecule has 0 bridgehead atoms. The molecule has 0 saturated heterocycles. The lowest BCUT2D eigenvalue weighted by atomic mass is 10.3. The Hall–Kier alpha value is -1.33. The van der Waals surface area contributed by atoms with Gasteiger partial charge in [-0.25, -0.2) is 4.98 Å². The number of aromatic nitrogens is 1. The summed E-state index contributed by atoms with van der Waals surface area (Å²) in [5.74, 6) is 0.894. The normalized spacial score (nSPS) is 12.6. The number of thiazole rings is 1. The number of benzene rings is 1. The van der Waals surface area contributed by atoms with Crippen molar-refractivity contribution in [1.29, 1.82) is 0 Å². The van der Waals surface area contributed by atoms with Gasteiger partial charge in [-0.2, -0.15) is 0 Å². The van der Waals surface area contributed by atoms with Crippen LogP contribution in [0.25, 0.3) is 10.2 Å². The zero-order chi connectivity index (χ0) is 13.0. The summed E-state index contributed by atoms with van der Waals surface area (Å²) in [6.45, 7) is 5.40. The number of nitrogens with zero attached hydrogens (tertiary/aromatic N) is 1. The standard InChI is InChI=1S/C13H18N2O2S/c1-4-17-10-5-6-11-12(7-10)18-13(15-11)14-9(2)8-16-3/h5-7,9H,4,8H2,1-3H3,(H,14,15)/t9-/m1/s1. The molecule has 2 rings (SSSR count). The van der Waals surface area contributed by atoms with Gasteiger partial charge in [-0.1, -0.05) is 11.3 Å². The lowest BCUT2D eigenvalue weighted by molar-refractivity contribution is 0.190. The molecule has 1 N–H and O–H groups in total. The van der Waals surface area contributed by atoms with Crippen LogP contribution in [0.5, 0.6) is 5.75 Å². The van der Waals surface area contributed by atoms with Gasteiger partial charge in [0.15, 0.2) is 5.13 Å². The van der Waals surface area contributed by atoms with Crippen molar-refractivity contribution in [3.63, 3.8) is 0 Å². The van der Waals surface area contributed by atoms with Crippen molar-refractivity contribution in [2.45, 2.75) is 19.9 Å². The van der Waals surface area contributed by atoms with Crippen LogP contribution >= 0.6 is 11.3 Å². The molecule has 2 aromatic rings. The first-order chi connectivity index (χ1) is 8.72. The molecule has 0 fully saturated rings. The molecule has 1 aromatic heterocycles. The Morgan fingerprint density at radius 1 is 1.44 bits per heavy atom. The summed E-state index contributed by atoms with van der Waals surface area (Å²) in [5.41, 5.74) is 0.996. The molecule has 0 spiro atoms. The maximum Gasteiger partial charge on any atom is 0.184 e. The van der Waals surface area contributed by atoms with E-state index < -0.39 is 0 Å². The monoisotopic (exact) mass is 266 g/mol. The second-order valence-corrected chi connectivity index (χ2v) is 5.11. The summed E-state index contributed by atoms with van der Waals surface area (Å²) in [5, 5.41) is 4.24. The van der Waals surface area contributed by atoms with Gasteiger partial charge in [0.25, 0.3) is 0 Å². The van der Waals surface area contributed by atoms with E-state index in [9.17, 15) is 0 Å². The topological polar surface area (TPSA) is 43.4 Å². The molecule has 4 nitrogen and oxygen atoms in total. The van der Waals surface area contributed by atoms with E-state index in [1.165, 1.54) is 0 Å². The van der Waals surface area contributed by atoms with E-state index in [1.54, 1.807) is 18.4 Å². The van der Waals surface area contributed by atoms with E-state index in [2.05, 4.69) is 17.2 Å². The van der Waals surface area contributed by atoms with E-state index in [0.29, 0.717) is 13.2 Å². The Morgan fingerprint density at radius 3 is 3.00 bits per heavy atom. The number of nitrogens with one attached hydrogen (secondary N) is 1. The molecule has 0 saturated carbocycles. The average Bonchev–Trinajstić information content (AvgIpc) is 2.71. The van der Waals surface area contributed by atoms with Gasteiger partial charge in [-0.05, 0) is 32.0 Å². The Balaban J connectivity index is 2.16. The highest BCUT2D eigenvalue weighted by atomic mass is 32.1. The predicted octanol–water partition coefficient (Wildman–Crippen LogP) is 3.14. The van der Waals surface area contributed by atoms with Gasteiger partial charge in [-0.3, -0.25) is 0 Å². The lowest BCUT2D eigenvalue weighted by Gasteiger charge is -2.10. The van der Waals surface area contributed by atoms with Gasteiger partial charge in [0, 0.05) is 13.2 Å². The van der Waals surface area contributed by atoms with Crippen LogP contribution in [0, 0.1) is 0 Å². The fourth-order valence-electron chi connectivity index (χ4n) is 1.73. The molecule has 0 amide bonds. The SMILES string of the molecule is CCOc1ccc2nc(N[C@H](C)COC)sc2c1. The predicted molar refractivity (Wildman–Crippen MR) is 75.7 cm³/mol. The smallest absolute Gasteiger partial charge is 0.184 e. The van der Waals surface area contributed by atoms with Crippen LogP contribution in [0.3, 0.4) is 0 Å². The van der Waals surface area contributed by atoms with Crippen molar-refractivity contribution in [2.75, 3.05) is 25.6 Å². The van der Waals surface area contributed by atoms with Crippen molar-refractivity contribution in [1.82, 2.24) is 4.98 Å². The Labute approximate surface area is 111 Å². The van der Waals surface area contributed by atoms with Crippen molar-refractivity contribution in [3.8, 4) is 5.75 Å². The van der Waals surface area contributed by atoms with Gasteiger partial charge in [0.05, 0.1) is 23.4 Å². The van der Waals surface area contributed by atoms with Crippen LogP contribution in [-0.2, 0) is 4.74 Å². The Morgan fingerprint density at radius 2 is 2.28 bits per heavy atom. The largest absolute Gasteiger partial charge is 0.494 e. The fourth-order valence-corrected chi connectivity index (χ4v) is 2.73. The van der Waals surface area contributed by atoms with Crippen molar-refractivity contribution >= 4 is 26.7 Å². The van der Waals surface area contributed by atoms with Crippen LogP contribution in [0.2, 0.25) is 0 Å². The summed E-state index contributed by atoms with van der Waals surface area (Å²) in [7, 11) is 1.70. The number of anilines is 1. The molecule has 1 heterocycles. The van der Waals surface area contributed by atoms with Crippen LogP contribution in [-0.4, -0.2) is 31.3 Å². The van der Waals surface area contributed by atoms with Crippen molar-refractivity contribution in [3.05, 3.63) is 18.2 Å². The maximum atomic E-state index is 5.48. The maximum absolute atomic E-state index is 5.48. The minimum absolute atomic E-state index is 0.252. The quantitative estimate of drug-likeness (QED) is 0.872. The minimum Gasteiger partial charge on any atom is -0.494 e. The highest BCUT2D eigenvalue weighted by Crippen LogP contribution is 2.29. The number of methoxy groups -OCH3 is 1. The summed E-state index contributed by atoms with van der Waals surface area (Å²) >= 11 is 1.63. The molecule has 98 valence electrons. The first-order valence-corrected chi connectivity index (χ1v) is 6.83. The average molecular weight is 266 g/mol. The van der Waals surface area contributed by atoms with Crippen LogP contribution < -0.4 is 10.1 Å². The van der Waals surface area contributed by atoms with Crippen LogP contribution in [0.15, 0.2) is 18.2 Å². The molecule has 5 heteroatoms. The molecule has 0 unspecified atom stereocenters. The number of fused-ring (bicyclic) bond motifs is 1. The molecule has 0 aliphatic carbocycles. The summed E-state index contributed by atoms with van der Waals surface area (Å²) < 4.78 is 11.7. The van der Waals surface area contributed by atoms with Crippen molar-refractivity contribution in [2.24, 2.45) is 0 Å². The lowest BCUT2D eigenvalue weighted by Crippen LogP contribution is -2.20. The van der Waals surface area contributed by atoms with E-state index in [1.807, 2.05) is 25.1 Å². The molecule has 1 atom stereocenters. The third-order valence-corrected chi connectivity index (χ3v) is 3.41. The second kappa shape index (κ2) is 6.02. The zero-order valence-corrected chi connectivity index (χ0v) is 11.7. The third kappa shape index (κ3) is 3.11. The summed E-state index contributed by atoms with van der Waals surface area (Å²) in [6.07, 6.45) is 0. The van der Waals surface area contributed by atoms with Gasteiger partial charge in [0.1, 0.15) is 5.75 Å². The molecule has 18 heavy (non-hydrogen) atoms. The van der Waals surface area contributed by atoms with Crippen molar-refractivity contribution < 1.29 is 9.47 Å². The van der Waals surface area contributed by atoms with Gasteiger partial charge >= 0.3 is 0 Å². The molecular formula is C13H18N2O2S. The minimum atomic E-state index is 0.252. The summed E-state index contributed by atoms with van der Waals surface area (Å²) in [4.78, 5) is 4.53. The highest BCUT2D eigenvalue weighted by molar-refractivity contribution is 7.22. The fraction of sp³-hybridized carbons (Fsp3) is 0.462.